The van der Waals surface area contributed by atoms with Crippen molar-refractivity contribution in [3.05, 3.63) is 21.4 Å². The maximum atomic E-state index is 12.8. The number of amides is 1. The van der Waals surface area contributed by atoms with E-state index in [2.05, 4.69) is 6.92 Å². The minimum absolute atomic E-state index is 0.0745. The molecule has 1 N–H and O–H groups in total. The predicted octanol–water partition coefficient (Wildman–Crippen LogP) is 3.54. The molecule has 1 aliphatic rings. The van der Waals surface area contributed by atoms with E-state index in [-0.39, 0.29) is 19.0 Å². The fourth-order valence-electron chi connectivity index (χ4n) is 2.66. The minimum atomic E-state index is -4.64. The molecule has 0 aromatic carbocycles. The van der Waals surface area contributed by atoms with Crippen molar-refractivity contribution in [3.63, 3.8) is 0 Å². The Morgan fingerprint density at radius 2 is 2.00 bits per heavy atom. The van der Waals surface area contributed by atoms with Crippen LogP contribution in [0.25, 0.3) is 0 Å². The molecule has 0 aliphatic carbocycles. The monoisotopic (exact) mass is 335 g/mol. The summed E-state index contributed by atoms with van der Waals surface area (Å²) in [7, 11) is 0. The van der Waals surface area contributed by atoms with Gasteiger partial charge >= 0.3 is 6.18 Å². The number of carbonyl (C=O) groups is 1. The number of alkyl halides is 3. The maximum Gasteiger partial charge on any atom is 0.417 e. The number of aliphatic hydroxyl groups is 1. The zero-order chi connectivity index (χ0) is 16.5. The summed E-state index contributed by atoms with van der Waals surface area (Å²) >= 11 is 1.39. The molecule has 1 aromatic rings. The summed E-state index contributed by atoms with van der Waals surface area (Å²) in [5.74, 6) is -0.236. The molecule has 2 rings (SSSR count). The van der Waals surface area contributed by atoms with Crippen molar-refractivity contribution < 1.29 is 23.1 Å². The molecule has 0 bridgehead atoms. The van der Waals surface area contributed by atoms with Crippen LogP contribution in [-0.2, 0) is 6.42 Å². The molecule has 0 atom stereocenters. The Labute approximate surface area is 131 Å². The first-order valence-corrected chi connectivity index (χ1v) is 8.17. The molecule has 2 heterocycles. The molecule has 3 nitrogen and oxygen atoms in total. The van der Waals surface area contributed by atoms with Crippen molar-refractivity contribution in [3.8, 4) is 0 Å². The van der Waals surface area contributed by atoms with Gasteiger partial charge in [-0.1, -0.05) is 13.3 Å². The average molecular weight is 335 g/mol. The van der Waals surface area contributed by atoms with E-state index in [9.17, 15) is 23.1 Å². The van der Waals surface area contributed by atoms with Crippen LogP contribution in [0.2, 0.25) is 0 Å². The summed E-state index contributed by atoms with van der Waals surface area (Å²) in [6.07, 6.45) is -3.70. The van der Waals surface area contributed by atoms with Crippen molar-refractivity contribution in [2.24, 2.45) is 0 Å². The van der Waals surface area contributed by atoms with Gasteiger partial charge < -0.3 is 10.0 Å². The Kier molecular flexibility index (Phi) is 4.87. The van der Waals surface area contributed by atoms with Crippen LogP contribution in [0, 0.1) is 6.92 Å². The Hall–Kier alpha value is -1.08. The number of rotatable bonds is 3. The average Bonchev–Trinajstić information content (AvgIpc) is 2.80. The smallest absolute Gasteiger partial charge is 0.380 e. The summed E-state index contributed by atoms with van der Waals surface area (Å²) in [5.41, 5.74) is -1.54. The van der Waals surface area contributed by atoms with Crippen molar-refractivity contribution in [2.75, 3.05) is 13.1 Å². The van der Waals surface area contributed by atoms with E-state index in [0.717, 1.165) is 23.3 Å². The van der Waals surface area contributed by atoms with Gasteiger partial charge in [-0.2, -0.15) is 13.2 Å². The van der Waals surface area contributed by atoms with E-state index in [1.807, 2.05) is 13.0 Å². The molecule has 22 heavy (non-hydrogen) atoms. The molecule has 124 valence electrons. The summed E-state index contributed by atoms with van der Waals surface area (Å²) in [6.45, 7) is 3.86. The number of hydrogen-bond acceptors (Lipinski definition) is 3. The number of hydrogen-bond donors (Lipinski definition) is 1. The molecule has 0 radical (unpaired) electrons. The molecule has 0 saturated carbocycles. The third-order valence-corrected chi connectivity index (χ3v) is 5.24. The molecule has 1 saturated heterocycles. The van der Waals surface area contributed by atoms with Gasteiger partial charge in [-0.05, 0) is 25.0 Å². The first kappa shape index (κ1) is 17.3. The van der Waals surface area contributed by atoms with Gasteiger partial charge in [-0.25, -0.2) is 0 Å². The lowest BCUT2D eigenvalue weighted by atomic mass is 9.90. The number of halogens is 3. The topological polar surface area (TPSA) is 40.5 Å². The third kappa shape index (κ3) is 3.30. The summed E-state index contributed by atoms with van der Waals surface area (Å²) < 4.78 is 38.3. The number of aryl methyl sites for hydroxylation is 2. The highest BCUT2D eigenvalue weighted by molar-refractivity contribution is 7.14. The fourth-order valence-corrected chi connectivity index (χ4v) is 3.70. The van der Waals surface area contributed by atoms with Crippen LogP contribution >= 0.6 is 11.3 Å². The normalized spacial score (nSPS) is 18.5. The number of piperidine rings is 1. The van der Waals surface area contributed by atoms with Crippen molar-refractivity contribution in [1.82, 2.24) is 4.90 Å². The van der Waals surface area contributed by atoms with Crippen LogP contribution in [0.5, 0.6) is 0 Å². The molecular weight excluding hydrogens is 315 g/mol. The SMILES string of the molecule is CCCc1cc(C(=O)N2CCC(O)(C(F)(F)F)CC2)sc1C. The predicted molar refractivity (Wildman–Crippen MR) is 79.2 cm³/mol. The quantitative estimate of drug-likeness (QED) is 0.918. The third-order valence-electron chi connectivity index (χ3n) is 4.16. The summed E-state index contributed by atoms with van der Waals surface area (Å²) in [6, 6.07) is 1.84. The highest BCUT2D eigenvalue weighted by Crippen LogP contribution is 2.38. The van der Waals surface area contributed by atoms with Gasteiger partial charge in [-0.15, -0.1) is 11.3 Å². The van der Waals surface area contributed by atoms with Crippen molar-refractivity contribution >= 4 is 17.2 Å². The Balaban J connectivity index is 2.05. The van der Waals surface area contributed by atoms with E-state index in [4.69, 9.17) is 0 Å². The van der Waals surface area contributed by atoms with Gasteiger partial charge in [-0.3, -0.25) is 4.79 Å². The maximum absolute atomic E-state index is 12.8. The number of likely N-dealkylation sites (tertiary alicyclic amines) is 1. The van der Waals surface area contributed by atoms with Crippen molar-refractivity contribution in [1.29, 1.82) is 0 Å². The van der Waals surface area contributed by atoms with Gasteiger partial charge in [0.2, 0.25) is 0 Å². The lowest BCUT2D eigenvalue weighted by Crippen LogP contribution is -2.54. The van der Waals surface area contributed by atoms with Gasteiger partial charge in [0.1, 0.15) is 0 Å². The highest BCUT2D eigenvalue weighted by atomic mass is 32.1. The summed E-state index contributed by atoms with van der Waals surface area (Å²) in [5, 5.41) is 9.64. The Bertz CT molecular complexity index is 545. The second kappa shape index (κ2) is 6.20. The van der Waals surface area contributed by atoms with Gasteiger partial charge in [0, 0.05) is 30.8 Å². The zero-order valence-corrected chi connectivity index (χ0v) is 13.5. The number of nitrogens with zero attached hydrogens (tertiary/aromatic N) is 1. The number of thiophene rings is 1. The van der Waals surface area contributed by atoms with Crippen LogP contribution in [0.3, 0.4) is 0 Å². The van der Waals surface area contributed by atoms with Crippen LogP contribution in [0.15, 0.2) is 6.07 Å². The van der Waals surface area contributed by atoms with Crippen LogP contribution in [0.4, 0.5) is 13.2 Å². The van der Waals surface area contributed by atoms with Gasteiger partial charge in [0.05, 0.1) is 4.88 Å². The Morgan fingerprint density at radius 3 is 2.50 bits per heavy atom. The first-order chi connectivity index (χ1) is 10.2. The molecular formula is C15H20F3NO2S. The van der Waals surface area contributed by atoms with E-state index in [1.165, 1.54) is 16.2 Å². The molecule has 0 unspecified atom stereocenters. The van der Waals surface area contributed by atoms with E-state index < -0.39 is 24.6 Å². The largest absolute Gasteiger partial charge is 0.417 e. The standard InChI is InChI=1S/C15H20F3NO2S/c1-3-4-11-9-12(22-10(11)2)13(20)19-7-5-14(21,6-8-19)15(16,17)18/h9,21H,3-8H2,1-2H3. The molecule has 1 aliphatic heterocycles. The first-order valence-electron chi connectivity index (χ1n) is 7.35. The minimum Gasteiger partial charge on any atom is -0.380 e. The van der Waals surface area contributed by atoms with E-state index in [0.29, 0.717) is 4.88 Å². The van der Waals surface area contributed by atoms with E-state index in [1.54, 1.807) is 0 Å². The lowest BCUT2D eigenvalue weighted by molar-refractivity contribution is -0.271. The molecule has 0 spiro atoms. The van der Waals surface area contributed by atoms with E-state index >= 15 is 0 Å². The molecule has 1 fully saturated rings. The second-order valence-electron chi connectivity index (χ2n) is 5.76. The number of carbonyl (C=O) groups excluding carboxylic acids is 1. The van der Waals surface area contributed by atoms with Crippen LogP contribution in [-0.4, -0.2) is 40.8 Å². The van der Waals surface area contributed by atoms with Crippen molar-refractivity contribution in [2.45, 2.75) is 51.3 Å². The van der Waals surface area contributed by atoms with Crippen LogP contribution < -0.4 is 0 Å². The zero-order valence-electron chi connectivity index (χ0n) is 12.7. The fraction of sp³-hybridized carbons (Fsp3) is 0.667. The molecule has 1 amide bonds. The summed E-state index contributed by atoms with van der Waals surface area (Å²) in [4.78, 5) is 15.5. The van der Waals surface area contributed by atoms with Gasteiger partial charge in [0.25, 0.3) is 5.91 Å². The Morgan fingerprint density at radius 1 is 1.41 bits per heavy atom. The molecule has 1 aromatic heterocycles. The lowest BCUT2D eigenvalue weighted by Gasteiger charge is -2.38. The highest BCUT2D eigenvalue weighted by Gasteiger charge is 2.54. The second-order valence-corrected chi connectivity index (χ2v) is 7.02. The molecule has 7 heteroatoms. The van der Waals surface area contributed by atoms with Gasteiger partial charge in [0.15, 0.2) is 5.60 Å². The van der Waals surface area contributed by atoms with Crippen LogP contribution in [0.1, 0.15) is 46.3 Å².